The molecule has 1 amide bonds. The predicted molar refractivity (Wildman–Crippen MR) is 87.9 cm³/mol. The molecule has 1 aliphatic heterocycles. The second-order valence-electron chi connectivity index (χ2n) is 4.59. The van der Waals surface area contributed by atoms with Gasteiger partial charge in [0.05, 0.1) is 11.1 Å². The first-order chi connectivity index (χ1) is 10.7. The molecule has 0 aromatic carbocycles. The molecule has 1 aliphatic rings. The van der Waals surface area contributed by atoms with Gasteiger partial charge in [-0.3, -0.25) is 14.9 Å². The highest BCUT2D eigenvalue weighted by Crippen LogP contribution is 2.32. The van der Waals surface area contributed by atoms with Crippen molar-refractivity contribution < 1.29 is 9.21 Å². The average molecular weight is 328 g/mol. The number of thioether (sulfide) groups is 1. The highest BCUT2D eigenvalue weighted by atomic mass is 32.2. The topological polar surface area (TPSA) is 83.8 Å². The van der Waals surface area contributed by atoms with Gasteiger partial charge in [-0.1, -0.05) is 24.0 Å². The number of fused-ring (bicyclic) bond motifs is 1. The Labute approximate surface area is 134 Å². The zero-order valence-electron chi connectivity index (χ0n) is 11.0. The first-order valence-corrected chi connectivity index (χ1v) is 7.55. The zero-order chi connectivity index (χ0) is 15.1. The maximum absolute atomic E-state index is 11.7. The van der Waals surface area contributed by atoms with Crippen LogP contribution in [-0.2, 0) is 4.79 Å². The molecule has 0 radical (unpaired) electrons. The van der Waals surface area contributed by atoms with Crippen LogP contribution in [0.5, 0.6) is 0 Å². The van der Waals surface area contributed by atoms with Gasteiger partial charge in [-0.25, -0.2) is 0 Å². The van der Waals surface area contributed by atoms with E-state index >= 15 is 0 Å². The van der Waals surface area contributed by atoms with Gasteiger partial charge in [0, 0.05) is 41.2 Å². The first kappa shape index (κ1) is 13.2. The molecule has 2 N–H and O–H groups in total. The number of furan rings is 1. The van der Waals surface area contributed by atoms with E-state index in [1.807, 2.05) is 6.07 Å². The van der Waals surface area contributed by atoms with Gasteiger partial charge < -0.3 is 9.73 Å². The van der Waals surface area contributed by atoms with Crippen LogP contribution >= 0.6 is 24.0 Å². The highest BCUT2D eigenvalue weighted by Gasteiger charge is 2.22. The lowest BCUT2D eigenvalue weighted by Crippen LogP contribution is -2.17. The van der Waals surface area contributed by atoms with Crippen LogP contribution in [-0.4, -0.2) is 25.4 Å². The third-order valence-electron chi connectivity index (χ3n) is 3.17. The fourth-order valence-electron chi connectivity index (χ4n) is 2.21. The summed E-state index contributed by atoms with van der Waals surface area (Å²) in [6.07, 6.45) is 8.60. The van der Waals surface area contributed by atoms with E-state index in [4.69, 9.17) is 16.6 Å². The Morgan fingerprint density at radius 3 is 2.95 bits per heavy atom. The molecule has 108 valence electrons. The molecular weight excluding hydrogens is 320 g/mol. The number of nitrogens with zero attached hydrogens (tertiary/aromatic N) is 2. The lowest BCUT2D eigenvalue weighted by atomic mass is 10.1. The first-order valence-electron chi connectivity index (χ1n) is 6.32. The van der Waals surface area contributed by atoms with Crippen LogP contribution in [0, 0.1) is 0 Å². The van der Waals surface area contributed by atoms with Crippen LogP contribution in [0.1, 0.15) is 5.76 Å². The van der Waals surface area contributed by atoms with Crippen LogP contribution < -0.4 is 5.32 Å². The summed E-state index contributed by atoms with van der Waals surface area (Å²) in [5.74, 6) is 0.374. The number of nitrogens with one attached hydrogen (secondary N) is 2. The second kappa shape index (κ2) is 5.08. The van der Waals surface area contributed by atoms with Gasteiger partial charge in [-0.2, -0.15) is 5.10 Å². The summed E-state index contributed by atoms with van der Waals surface area (Å²) in [4.78, 5) is 16.4. The summed E-state index contributed by atoms with van der Waals surface area (Å²) in [7, 11) is 0. The zero-order valence-corrected chi connectivity index (χ0v) is 12.6. The van der Waals surface area contributed by atoms with E-state index in [0.717, 1.165) is 16.5 Å². The van der Waals surface area contributed by atoms with Crippen LogP contribution in [0.15, 0.2) is 40.2 Å². The highest BCUT2D eigenvalue weighted by molar-refractivity contribution is 8.26. The van der Waals surface area contributed by atoms with Gasteiger partial charge in [0.15, 0.2) is 0 Å². The van der Waals surface area contributed by atoms with Crippen LogP contribution in [0.3, 0.4) is 0 Å². The van der Waals surface area contributed by atoms with Gasteiger partial charge in [-0.15, -0.1) is 0 Å². The number of hydrogen-bond donors (Lipinski definition) is 2. The second-order valence-corrected chi connectivity index (χ2v) is 6.31. The standard InChI is InChI=1S/C14H8N4O2S2/c19-13-11(22-14(21)18-13)2-9-1-7-3-15-6-10(12(7)20-9)8-4-16-17-5-8/h1-6H,(H,16,17)(H,18,19,21). The molecule has 1 saturated heterocycles. The monoisotopic (exact) mass is 328 g/mol. The molecule has 0 spiro atoms. The lowest BCUT2D eigenvalue weighted by Gasteiger charge is -1.96. The molecule has 3 aromatic rings. The van der Waals surface area contributed by atoms with Gasteiger partial charge in [-0.05, 0) is 6.07 Å². The van der Waals surface area contributed by atoms with E-state index < -0.39 is 0 Å². The number of aromatic nitrogens is 3. The molecule has 4 heterocycles. The van der Waals surface area contributed by atoms with E-state index in [2.05, 4.69) is 20.5 Å². The van der Waals surface area contributed by atoms with Crippen molar-refractivity contribution >= 4 is 51.3 Å². The van der Waals surface area contributed by atoms with Gasteiger partial charge in [0.2, 0.25) is 0 Å². The molecular formula is C14H8N4O2S2. The maximum Gasteiger partial charge on any atom is 0.263 e. The summed E-state index contributed by atoms with van der Waals surface area (Å²) in [6, 6.07) is 1.84. The Kier molecular flexibility index (Phi) is 3.05. The Morgan fingerprint density at radius 2 is 2.23 bits per heavy atom. The van der Waals surface area contributed by atoms with E-state index in [-0.39, 0.29) is 5.91 Å². The summed E-state index contributed by atoms with van der Waals surface area (Å²) in [5.41, 5.74) is 2.44. The van der Waals surface area contributed by atoms with Gasteiger partial charge in [0.25, 0.3) is 5.91 Å². The van der Waals surface area contributed by atoms with Crippen LogP contribution in [0.2, 0.25) is 0 Å². The quantitative estimate of drug-likeness (QED) is 0.556. The normalized spacial score (nSPS) is 16.6. The van der Waals surface area contributed by atoms with E-state index in [1.165, 1.54) is 11.8 Å². The number of aromatic amines is 1. The Balaban J connectivity index is 1.82. The molecule has 3 aromatic heterocycles. The predicted octanol–water partition coefficient (Wildman–Crippen LogP) is 2.71. The number of carbonyl (C=O) groups excluding carboxylic acids is 1. The maximum atomic E-state index is 11.7. The number of thiocarbonyl (C=S) groups is 1. The molecule has 0 bridgehead atoms. The number of pyridine rings is 1. The molecule has 0 saturated carbocycles. The molecule has 4 rings (SSSR count). The molecule has 6 nitrogen and oxygen atoms in total. The van der Waals surface area contributed by atoms with Crippen molar-refractivity contribution in [1.29, 1.82) is 0 Å². The molecule has 8 heteroatoms. The Bertz CT molecular complexity index is 928. The van der Waals surface area contributed by atoms with Crippen molar-refractivity contribution in [3.05, 3.63) is 41.5 Å². The van der Waals surface area contributed by atoms with Crippen molar-refractivity contribution in [2.75, 3.05) is 0 Å². The lowest BCUT2D eigenvalue weighted by molar-refractivity contribution is -0.115. The molecule has 0 atom stereocenters. The smallest absolute Gasteiger partial charge is 0.263 e. The summed E-state index contributed by atoms with van der Waals surface area (Å²) >= 11 is 6.19. The summed E-state index contributed by atoms with van der Waals surface area (Å²) in [5, 5.41) is 10.1. The fourth-order valence-corrected chi connectivity index (χ4v) is 3.23. The largest absolute Gasteiger partial charge is 0.456 e. The summed E-state index contributed by atoms with van der Waals surface area (Å²) < 4.78 is 6.33. The van der Waals surface area contributed by atoms with Crippen LogP contribution in [0.4, 0.5) is 0 Å². The van der Waals surface area contributed by atoms with Crippen molar-refractivity contribution in [2.45, 2.75) is 0 Å². The van der Waals surface area contributed by atoms with Crippen LogP contribution in [0.25, 0.3) is 28.2 Å². The van der Waals surface area contributed by atoms with Crippen molar-refractivity contribution in [2.24, 2.45) is 0 Å². The summed E-state index contributed by atoms with van der Waals surface area (Å²) in [6.45, 7) is 0. The third kappa shape index (κ3) is 2.22. The third-order valence-corrected chi connectivity index (χ3v) is 4.33. The van der Waals surface area contributed by atoms with Crippen molar-refractivity contribution in [3.63, 3.8) is 0 Å². The SMILES string of the molecule is O=C1NC(=S)SC1=Cc1cc2cncc(-c3cn[nH]c3)c2o1. The minimum Gasteiger partial charge on any atom is -0.456 e. The number of carbonyl (C=O) groups is 1. The van der Waals surface area contributed by atoms with E-state index in [9.17, 15) is 4.79 Å². The molecule has 22 heavy (non-hydrogen) atoms. The van der Waals surface area contributed by atoms with Crippen molar-refractivity contribution in [1.82, 2.24) is 20.5 Å². The van der Waals surface area contributed by atoms with Gasteiger partial charge in [0.1, 0.15) is 15.7 Å². The van der Waals surface area contributed by atoms with E-state index in [0.29, 0.717) is 20.6 Å². The molecule has 0 unspecified atom stereocenters. The fraction of sp³-hybridized carbons (Fsp3) is 0. The minimum absolute atomic E-state index is 0.205. The Morgan fingerprint density at radius 1 is 1.32 bits per heavy atom. The van der Waals surface area contributed by atoms with Crippen molar-refractivity contribution in [3.8, 4) is 11.1 Å². The average Bonchev–Trinajstić information content (AvgIpc) is 3.19. The molecule has 1 fully saturated rings. The number of rotatable bonds is 2. The Hall–Kier alpha value is -2.45. The number of amides is 1. The van der Waals surface area contributed by atoms with Gasteiger partial charge >= 0.3 is 0 Å². The minimum atomic E-state index is -0.205. The number of H-pyrrole nitrogens is 1. The number of hydrogen-bond acceptors (Lipinski definition) is 6. The van der Waals surface area contributed by atoms with E-state index in [1.54, 1.807) is 30.9 Å². The molecule has 0 aliphatic carbocycles.